The predicted molar refractivity (Wildman–Crippen MR) is 83.6 cm³/mol. The highest BCUT2D eigenvalue weighted by atomic mass is 32.2. The van der Waals surface area contributed by atoms with E-state index < -0.39 is 10.7 Å². The lowest BCUT2D eigenvalue weighted by atomic mass is 10.1. The number of anilines is 2. The van der Waals surface area contributed by atoms with Crippen LogP contribution in [0.25, 0.3) is 0 Å². The van der Waals surface area contributed by atoms with Crippen LogP contribution in [0.5, 0.6) is 0 Å². The Morgan fingerprint density at radius 1 is 0.857 bits per heavy atom. The van der Waals surface area contributed by atoms with Crippen molar-refractivity contribution < 1.29 is 13.2 Å². The summed E-state index contributed by atoms with van der Waals surface area (Å²) in [5, 5.41) is 5.39. The topological polar surface area (TPSA) is 75.3 Å². The van der Waals surface area contributed by atoms with Crippen molar-refractivity contribution in [1.29, 1.82) is 0 Å². The summed E-state index contributed by atoms with van der Waals surface area (Å²) in [4.78, 5) is 12.1. The first-order chi connectivity index (χ1) is 9.94. The molecular formula is C15H16N2O3S. The van der Waals surface area contributed by atoms with Gasteiger partial charge in [-0.25, -0.2) is 13.2 Å². The summed E-state index contributed by atoms with van der Waals surface area (Å²) in [5.74, 6) is 0. The van der Waals surface area contributed by atoms with Gasteiger partial charge in [0.2, 0.25) is 0 Å². The molecule has 2 amide bonds. The number of amides is 2. The molecule has 2 aromatic rings. The molecule has 0 heterocycles. The first kappa shape index (κ1) is 15.1. The molecule has 5 nitrogen and oxygen atoms in total. The Hall–Kier alpha value is -2.34. The molecule has 0 unspecified atom stereocenters. The molecule has 2 N–H and O–H groups in total. The average molecular weight is 304 g/mol. The lowest BCUT2D eigenvalue weighted by Crippen LogP contribution is -2.19. The van der Waals surface area contributed by atoms with E-state index in [1.165, 1.54) is 12.1 Å². The van der Waals surface area contributed by atoms with Crippen LogP contribution in [-0.4, -0.2) is 14.4 Å². The number of benzene rings is 2. The van der Waals surface area contributed by atoms with Gasteiger partial charge in [-0.15, -0.1) is 0 Å². The van der Waals surface area contributed by atoms with Crippen molar-refractivity contribution in [2.24, 2.45) is 0 Å². The van der Waals surface area contributed by atoms with E-state index in [9.17, 15) is 13.2 Å². The predicted octanol–water partition coefficient (Wildman–Crippen LogP) is 2.92. The molecule has 0 saturated carbocycles. The summed E-state index contributed by atoms with van der Waals surface area (Å²) in [6, 6.07) is 11.4. The molecule has 2 rings (SSSR count). The fourth-order valence-corrected chi connectivity index (χ4v) is 2.40. The van der Waals surface area contributed by atoms with Crippen molar-refractivity contribution in [3.8, 4) is 0 Å². The van der Waals surface area contributed by atoms with Gasteiger partial charge >= 0.3 is 6.03 Å². The first-order valence-electron chi connectivity index (χ1n) is 6.35. The summed E-state index contributed by atoms with van der Waals surface area (Å²) in [7, 11) is -2.60. The highest BCUT2D eigenvalue weighted by molar-refractivity contribution is 7.72. The minimum Gasteiger partial charge on any atom is -0.308 e. The molecule has 0 atom stereocenters. The number of urea groups is 1. The maximum atomic E-state index is 11.9. The van der Waals surface area contributed by atoms with Crippen LogP contribution in [0.4, 0.5) is 16.2 Å². The van der Waals surface area contributed by atoms with Crippen molar-refractivity contribution in [2.75, 3.05) is 10.6 Å². The lowest BCUT2D eigenvalue weighted by molar-refractivity contribution is 0.262. The molecule has 0 aliphatic rings. The summed E-state index contributed by atoms with van der Waals surface area (Å²) in [6.07, 6.45) is 0. The molecule has 0 bridgehead atoms. The van der Waals surface area contributed by atoms with Gasteiger partial charge in [-0.2, -0.15) is 0 Å². The molecule has 110 valence electrons. The Morgan fingerprint density at radius 2 is 1.38 bits per heavy atom. The summed E-state index contributed by atoms with van der Waals surface area (Å²) in [5.41, 5.74) is 3.37. The third-order valence-electron chi connectivity index (χ3n) is 2.82. The van der Waals surface area contributed by atoms with Gasteiger partial charge in [0.05, 0.1) is 4.90 Å². The SMILES string of the molecule is Cc1cc(C)cc(NC(=O)Nc2ccc([SH](=O)=O)cc2)c1. The van der Waals surface area contributed by atoms with E-state index in [4.69, 9.17) is 0 Å². The second kappa shape index (κ2) is 6.41. The summed E-state index contributed by atoms with van der Waals surface area (Å²) >= 11 is 0. The molecule has 0 aliphatic heterocycles. The van der Waals surface area contributed by atoms with Crippen molar-refractivity contribution in [3.63, 3.8) is 0 Å². The monoisotopic (exact) mass is 304 g/mol. The largest absolute Gasteiger partial charge is 0.323 e. The fraction of sp³-hybridized carbons (Fsp3) is 0.133. The van der Waals surface area contributed by atoms with E-state index in [1.807, 2.05) is 32.0 Å². The number of hydrogen-bond donors (Lipinski definition) is 3. The van der Waals surface area contributed by atoms with Gasteiger partial charge in [-0.1, -0.05) is 6.07 Å². The Morgan fingerprint density at radius 3 is 1.90 bits per heavy atom. The maximum Gasteiger partial charge on any atom is 0.323 e. The smallest absolute Gasteiger partial charge is 0.308 e. The summed E-state index contributed by atoms with van der Waals surface area (Å²) in [6.45, 7) is 3.91. The molecule has 21 heavy (non-hydrogen) atoms. The van der Waals surface area contributed by atoms with Crippen LogP contribution in [0, 0.1) is 13.8 Å². The fourth-order valence-electron chi connectivity index (χ4n) is 2.01. The molecule has 0 spiro atoms. The van der Waals surface area contributed by atoms with Crippen molar-refractivity contribution in [1.82, 2.24) is 0 Å². The third-order valence-corrected chi connectivity index (χ3v) is 3.54. The number of aryl methyl sites for hydroxylation is 2. The highest BCUT2D eigenvalue weighted by Gasteiger charge is 2.04. The van der Waals surface area contributed by atoms with Crippen LogP contribution in [0.2, 0.25) is 0 Å². The molecule has 0 radical (unpaired) electrons. The van der Waals surface area contributed by atoms with Gasteiger partial charge < -0.3 is 10.6 Å². The lowest BCUT2D eigenvalue weighted by Gasteiger charge is -2.09. The quantitative estimate of drug-likeness (QED) is 0.763. The first-order valence-corrected chi connectivity index (χ1v) is 7.52. The average Bonchev–Trinajstić information content (AvgIpc) is 2.37. The number of carbonyl (C=O) groups excluding carboxylic acids is 1. The third kappa shape index (κ3) is 4.32. The van der Waals surface area contributed by atoms with Gasteiger partial charge in [-0.3, -0.25) is 0 Å². The van der Waals surface area contributed by atoms with E-state index in [1.54, 1.807) is 12.1 Å². The minimum atomic E-state index is -2.60. The number of rotatable bonds is 3. The second-order valence-electron chi connectivity index (χ2n) is 4.76. The molecule has 2 aromatic carbocycles. The van der Waals surface area contributed by atoms with Gasteiger partial charge in [0.1, 0.15) is 0 Å². The number of thiol groups is 1. The second-order valence-corrected chi connectivity index (χ2v) is 5.79. The highest BCUT2D eigenvalue weighted by Crippen LogP contribution is 2.15. The number of nitrogens with one attached hydrogen (secondary N) is 2. The zero-order chi connectivity index (χ0) is 15.4. The van der Waals surface area contributed by atoms with E-state index in [0.29, 0.717) is 11.4 Å². The van der Waals surface area contributed by atoms with Crippen molar-refractivity contribution in [2.45, 2.75) is 18.7 Å². The Labute approximate surface area is 125 Å². The van der Waals surface area contributed by atoms with E-state index in [-0.39, 0.29) is 10.9 Å². The van der Waals surface area contributed by atoms with Crippen molar-refractivity contribution >= 4 is 28.1 Å². The van der Waals surface area contributed by atoms with Crippen LogP contribution in [0.15, 0.2) is 47.4 Å². The molecular weight excluding hydrogens is 288 g/mol. The Bertz CT molecular complexity index is 709. The molecule has 0 aliphatic carbocycles. The molecule has 0 saturated heterocycles. The van der Waals surface area contributed by atoms with Gasteiger partial charge in [-0.05, 0) is 61.4 Å². The van der Waals surface area contributed by atoms with Gasteiger partial charge in [0.25, 0.3) is 0 Å². The molecule has 6 heteroatoms. The maximum absolute atomic E-state index is 11.9. The normalized spacial score (nSPS) is 10.4. The van der Waals surface area contributed by atoms with Crippen LogP contribution in [0.1, 0.15) is 11.1 Å². The Kier molecular flexibility index (Phi) is 4.59. The van der Waals surface area contributed by atoms with Crippen LogP contribution >= 0.6 is 0 Å². The number of carbonyl (C=O) groups is 1. The van der Waals surface area contributed by atoms with Crippen LogP contribution < -0.4 is 10.6 Å². The molecule has 0 aromatic heterocycles. The van der Waals surface area contributed by atoms with Crippen LogP contribution in [-0.2, 0) is 10.7 Å². The van der Waals surface area contributed by atoms with Crippen LogP contribution in [0.3, 0.4) is 0 Å². The minimum absolute atomic E-state index is 0.213. The summed E-state index contributed by atoms with van der Waals surface area (Å²) < 4.78 is 21.6. The van der Waals surface area contributed by atoms with E-state index in [2.05, 4.69) is 10.6 Å². The van der Waals surface area contributed by atoms with Gasteiger partial charge in [0, 0.05) is 11.4 Å². The number of hydrogen-bond acceptors (Lipinski definition) is 3. The van der Waals surface area contributed by atoms with E-state index in [0.717, 1.165) is 11.1 Å². The standard InChI is InChI=1S/C15H16N2O3S/c1-10-7-11(2)9-13(8-10)17-15(18)16-12-3-5-14(6-4-12)21(19)20/h3-9,21H,1-2H3,(H2,16,17,18). The zero-order valence-corrected chi connectivity index (χ0v) is 12.6. The van der Waals surface area contributed by atoms with E-state index >= 15 is 0 Å². The molecule has 0 fully saturated rings. The Balaban J connectivity index is 2.04. The zero-order valence-electron chi connectivity index (χ0n) is 11.7. The van der Waals surface area contributed by atoms with Gasteiger partial charge in [0.15, 0.2) is 10.7 Å². The van der Waals surface area contributed by atoms with Crippen molar-refractivity contribution in [3.05, 3.63) is 53.6 Å².